The first kappa shape index (κ1) is 22.7. The van der Waals surface area contributed by atoms with Crippen molar-refractivity contribution in [2.24, 2.45) is 5.92 Å². The Bertz CT molecular complexity index is 882. The Kier molecular flexibility index (Phi) is 7.04. The molecule has 1 aromatic rings. The van der Waals surface area contributed by atoms with Gasteiger partial charge < -0.3 is 4.90 Å². The zero-order valence-electron chi connectivity index (χ0n) is 19.0. The molecule has 2 aliphatic heterocycles. The summed E-state index contributed by atoms with van der Waals surface area (Å²) in [6, 6.07) is 8.21. The Morgan fingerprint density at radius 3 is 2.42 bits per heavy atom. The van der Waals surface area contributed by atoms with Gasteiger partial charge in [0.2, 0.25) is 15.9 Å². The third kappa shape index (κ3) is 5.32. The molecule has 2 bridgehead atoms. The third-order valence-electron chi connectivity index (χ3n) is 7.39. The van der Waals surface area contributed by atoms with E-state index in [9.17, 15) is 13.2 Å². The lowest BCUT2D eigenvalue weighted by molar-refractivity contribution is -0.116. The fourth-order valence-electron chi connectivity index (χ4n) is 6.03. The molecule has 2 heterocycles. The van der Waals surface area contributed by atoms with Gasteiger partial charge in [-0.2, -0.15) is 4.31 Å². The maximum Gasteiger partial charge on any atom is 0.223 e. The minimum atomic E-state index is -3.30. The average molecular weight is 448 g/mol. The van der Waals surface area contributed by atoms with Gasteiger partial charge in [-0.05, 0) is 49.7 Å². The highest BCUT2D eigenvalue weighted by atomic mass is 32.2. The lowest BCUT2D eigenvalue weighted by Crippen LogP contribution is -2.47. The lowest BCUT2D eigenvalue weighted by atomic mass is 9.88. The monoisotopic (exact) mass is 447 g/mol. The summed E-state index contributed by atoms with van der Waals surface area (Å²) in [4.78, 5) is 16.9. The lowest BCUT2D eigenvalue weighted by Gasteiger charge is -2.34. The van der Waals surface area contributed by atoms with Crippen LogP contribution in [0.4, 0.5) is 5.69 Å². The predicted molar refractivity (Wildman–Crippen MR) is 124 cm³/mol. The molecule has 1 aromatic carbocycles. The van der Waals surface area contributed by atoms with Crippen LogP contribution in [0.5, 0.6) is 0 Å². The molecule has 1 saturated carbocycles. The van der Waals surface area contributed by atoms with Crippen LogP contribution in [0.15, 0.2) is 24.3 Å². The van der Waals surface area contributed by atoms with Crippen LogP contribution in [0.1, 0.15) is 63.9 Å². The Balaban J connectivity index is 1.69. The molecule has 0 spiro atoms. The molecule has 2 fully saturated rings. The number of rotatable bonds is 3. The van der Waals surface area contributed by atoms with Crippen molar-refractivity contribution in [1.82, 2.24) is 9.21 Å². The average Bonchev–Trinajstić information content (AvgIpc) is 3.11. The van der Waals surface area contributed by atoms with Gasteiger partial charge >= 0.3 is 0 Å². The highest BCUT2D eigenvalue weighted by Crippen LogP contribution is 2.34. The van der Waals surface area contributed by atoms with Crippen molar-refractivity contribution >= 4 is 21.6 Å². The van der Waals surface area contributed by atoms with Gasteiger partial charge in [0.25, 0.3) is 0 Å². The topological polar surface area (TPSA) is 60.9 Å². The Morgan fingerprint density at radius 2 is 1.71 bits per heavy atom. The molecule has 1 aliphatic carbocycles. The van der Waals surface area contributed by atoms with Gasteiger partial charge in [0.15, 0.2) is 0 Å². The molecule has 6 nitrogen and oxygen atoms in total. The fourth-order valence-corrected chi connectivity index (χ4v) is 7.50. The van der Waals surface area contributed by atoms with Gasteiger partial charge in [-0.25, -0.2) is 8.42 Å². The molecule has 4 rings (SSSR count). The number of carbonyl (C=O) groups excluding carboxylic acids is 1. The van der Waals surface area contributed by atoms with E-state index in [0.717, 1.165) is 43.7 Å². The SMILES string of the molecule is CC(=O)N1CC[C@H]2CC[C@@H](CN(CC3CCCCC3)Cc3ccccc31)N2S(C)(=O)=O. The number of carbonyl (C=O) groups is 1. The summed E-state index contributed by atoms with van der Waals surface area (Å²) in [7, 11) is -3.30. The summed E-state index contributed by atoms with van der Waals surface area (Å²) >= 11 is 0. The highest BCUT2D eigenvalue weighted by Gasteiger charge is 2.41. The second-order valence-electron chi connectivity index (χ2n) is 9.76. The van der Waals surface area contributed by atoms with Crippen LogP contribution >= 0.6 is 0 Å². The zero-order chi connectivity index (χ0) is 22.0. The van der Waals surface area contributed by atoms with Crippen molar-refractivity contribution < 1.29 is 13.2 Å². The molecule has 1 amide bonds. The number of anilines is 1. The van der Waals surface area contributed by atoms with Crippen molar-refractivity contribution in [3.8, 4) is 0 Å². The summed E-state index contributed by atoms with van der Waals surface area (Å²) in [5.74, 6) is 0.699. The standard InChI is InChI=1S/C24H37N3O3S/c1-19(28)26-15-14-22-12-13-23(27(22)31(2,29)30)18-25(16-20-8-4-3-5-9-20)17-21-10-6-7-11-24(21)26/h6-7,10-11,20,22-23H,3-5,8-9,12-18H2,1-2H3/t22-,23+/m1/s1. The van der Waals surface area contributed by atoms with Crippen molar-refractivity contribution in [1.29, 1.82) is 0 Å². The summed E-state index contributed by atoms with van der Waals surface area (Å²) in [5, 5.41) is 0. The number of amides is 1. The number of hydrogen-bond acceptors (Lipinski definition) is 4. The van der Waals surface area contributed by atoms with E-state index < -0.39 is 10.0 Å². The molecule has 2 atom stereocenters. The maximum absolute atomic E-state index is 12.8. The van der Waals surface area contributed by atoms with Crippen LogP contribution in [0, 0.1) is 5.92 Å². The van der Waals surface area contributed by atoms with Crippen LogP contribution < -0.4 is 4.90 Å². The second-order valence-corrected chi connectivity index (χ2v) is 11.7. The van der Waals surface area contributed by atoms with Crippen molar-refractivity contribution in [3.63, 3.8) is 0 Å². The quantitative estimate of drug-likeness (QED) is 0.710. The van der Waals surface area contributed by atoms with E-state index >= 15 is 0 Å². The number of hydrogen-bond donors (Lipinski definition) is 0. The predicted octanol–water partition coefficient (Wildman–Crippen LogP) is 3.62. The Labute approximate surface area is 187 Å². The van der Waals surface area contributed by atoms with Gasteiger partial charge in [0.05, 0.1) is 6.26 Å². The van der Waals surface area contributed by atoms with Crippen LogP contribution in [-0.2, 0) is 21.4 Å². The van der Waals surface area contributed by atoms with Crippen molar-refractivity contribution in [2.45, 2.75) is 76.9 Å². The molecule has 0 unspecified atom stereocenters. The smallest absolute Gasteiger partial charge is 0.223 e. The van der Waals surface area contributed by atoms with E-state index in [0.29, 0.717) is 18.9 Å². The number of sulfonamides is 1. The third-order valence-corrected chi connectivity index (χ3v) is 8.75. The molecule has 0 radical (unpaired) electrons. The van der Waals surface area contributed by atoms with Crippen LogP contribution in [0.2, 0.25) is 0 Å². The number of fused-ring (bicyclic) bond motifs is 3. The van der Waals surface area contributed by atoms with E-state index in [1.54, 1.807) is 11.2 Å². The Morgan fingerprint density at radius 1 is 1.00 bits per heavy atom. The summed E-state index contributed by atoms with van der Waals surface area (Å²) in [6.45, 7) is 4.71. The van der Waals surface area contributed by atoms with E-state index in [4.69, 9.17) is 0 Å². The van der Waals surface area contributed by atoms with Crippen molar-refractivity contribution in [3.05, 3.63) is 29.8 Å². The number of benzene rings is 1. The van der Waals surface area contributed by atoms with Gasteiger partial charge in [-0.3, -0.25) is 9.69 Å². The van der Waals surface area contributed by atoms with Crippen molar-refractivity contribution in [2.75, 3.05) is 30.8 Å². The molecule has 7 heteroatoms. The molecular formula is C24H37N3O3S. The first-order chi connectivity index (χ1) is 14.8. The van der Waals surface area contributed by atoms with Gasteiger partial charge in [-0.15, -0.1) is 0 Å². The maximum atomic E-state index is 12.8. The van der Waals surface area contributed by atoms with Crippen LogP contribution in [0.25, 0.3) is 0 Å². The molecule has 172 valence electrons. The molecule has 31 heavy (non-hydrogen) atoms. The Hall–Kier alpha value is -1.44. The first-order valence-corrected chi connectivity index (χ1v) is 13.7. The fraction of sp³-hybridized carbons (Fsp3) is 0.708. The highest BCUT2D eigenvalue weighted by molar-refractivity contribution is 7.88. The number of nitrogens with zero attached hydrogens (tertiary/aromatic N) is 3. The molecule has 1 saturated heterocycles. The van der Waals surface area contributed by atoms with E-state index in [1.807, 2.05) is 23.1 Å². The second kappa shape index (κ2) is 9.59. The van der Waals surface area contributed by atoms with Gasteiger partial charge in [0, 0.05) is 50.9 Å². The van der Waals surface area contributed by atoms with Gasteiger partial charge in [0.1, 0.15) is 0 Å². The summed E-state index contributed by atoms with van der Waals surface area (Å²) in [6.07, 6.45) is 10.3. The minimum Gasteiger partial charge on any atom is -0.312 e. The zero-order valence-corrected chi connectivity index (χ0v) is 19.8. The molecule has 0 N–H and O–H groups in total. The van der Waals surface area contributed by atoms with Crippen LogP contribution in [0.3, 0.4) is 0 Å². The largest absolute Gasteiger partial charge is 0.312 e. The van der Waals surface area contributed by atoms with Crippen LogP contribution in [-0.4, -0.2) is 61.5 Å². The van der Waals surface area contributed by atoms with Gasteiger partial charge in [-0.1, -0.05) is 37.5 Å². The molecule has 0 aromatic heterocycles. The molecular weight excluding hydrogens is 410 g/mol. The van der Waals surface area contributed by atoms with E-state index in [-0.39, 0.29) is 18.0 Å². The number of para-hydroxylation sites is 1. The summed E-state index contributed by atoms with van der Waals surface area (Å²) in [5.41, 5.74) is 2.14. The minimum absolute atomic E-state index is 0.0194. The molecule has 3 aliphatic rings. The first-order valence-electron chi connectivity index (χ1n) is 11.9. The normalized spacial score (nSPS) is 27.0. The van der Waals surface area contributed by atoms with E-state index in [2.05, 4.69) is 11.0 Å². The summed E-state index contributed by atoms with van der Waals surface area (Å²) < 4.78 is 27.3. The van der Waals surface area contributed by atoms with E-state index in [1.165, 1.54) is 38.4 Å².